The van der Waals surface area contributed by atoms with Crippen LogP contribution in [0.3, 0.4) is 0 Å². The summed E-state index contributed by atoms with van der Waals surface area (Å²) < 4.78 is 5.09. The summed E-state index contributed by atoms with van der Waals surface area (Å²) >= 11 is 0. The van der Waals surface area contributed by atoms with E-state index in [4.69, 9.17) is 4.74 Å². The zero-order chi connectivity index (χ0) is 13.2. The van der Waals surface area contributed by atoms with E-state index in [1.54, 1.807) is 0 Å². The second-order valence-electron chi connectivity index (χ2n) is 4.11. The number of ether oxygens (including phenoxy) is 1. The summed E-state index contributed by atoms with van der Waals surface area (Å²) in [6, 6.07) is 0.260. The quantitative estimate of drug-likeness (QED) is 0.663. The molecular weight excluding hydrogens is 232 g/mol. The molecule has 1 aromatic rings. The first kappa shape index (κ1) is 14.5. The van der Waals surface area contributed by atoms with E-state index in [2.05, 4.69) is 27.4 Å². The van der Waals surface area contributed by atoms with E-state index in [0.29, 0.717) is 19.0 Å². The van der Waals surface area contributed by atoms with E-state index in [1.807, 2.05) is 6.92 Å². The Morgan fingerprint density at radius 1 is 1.28 bits per heavy atom. The van der Waals surface area contributed by atoms with Crippen LogP contribution in [0.4, 0.5) is 5.95 Å². The minimum Gasteiger partial charge on any atom is -0.463 e. The number of rotatable bonds is 9. The van der Waals surface area contributed by atoms with Gasteiger partial charge in [0.1, 0.15) is 0 Å². The molecule has 0 aliphatic rings. The molecule has 0 aromatic carbocycles. The summed E-state index contributed by atoms with van der Waals surface area (Å²) in [6.07, 6.45) is 6.18. The third kappa shape index (κ3) is 5.65. The minimum atomic E-state index is -0.0364. The molecule has 0 radical (unpaired) electrons. The Bertz CT molecular complexity index is 352. The maximum Gasteiger partial charge on any atom is 0.337 e. The van der Waals surface area contributed by atoms with E-state index >= 15 is 0 Å². The van der Waals surface area contributed by atoms with Gasteiger partial charge in [-0.1, -0.05) is 32.6 Å². The molecule has 0 unspecified atom stereocenters. The molecular formula is C12H22N4O2. The predicted molar refractivity (Wildman–Crippen MR) is 69.6 cm³/mol. The van der Waals surface area contributed by atoms with Gasteiger partial charge in [0, 0.05) is 6.42 Å². The Morgan fingerprint density at radius 2 is 2.06 bits per heavy atom. The number of H-pyrrole nitrogens is 1. The van der Waals surface area contributed by atoms with Crippen LogP contribution < -0.4 is 10.1 Å². The SMILES string of the molecule is CCCCCCCC(=O)Nc1nc(OCC)n[nH]1. The van der Waals surface area contributed by atoms with Gasteiger partial charge in [-0.25, -0.2) is 5.10 Å². The van der Waals surface area contributed by atoms with E-state index in [9.17, 15) is 4.79 Å². The van der Waals surface area contributed by atoms with Crippen LogP contribution >= 0.6 is 0 Å². The molecule has 1 heterocycles. The summed E-state index contributed by atoms with van der Waals surface area (Å²) in [5.74, 6) is 0.308. The van der Waals surface area contributed by atoms with E-state index in [-0.39, 0.29) is 11.9 Å². The molecule has 0 saturated carbocycles. The van der Waals surface area contributed by atoms with Gasteiger partial charge in [0.25, 0.3) is 0 Å². The second-order valence-corrected chi connectivity index (χ2v) is 4.11. The molecule has 0 aliphatic carbocycles. The van der Waals surface area contributed by atoms with Gasteiger partial charge in [-0.15, -0.1) is 5.10 Å². The number of hydrogen-bond donors (Lipinski definition) is 2. The molecule has 0 bridgehead atoms. The van der Waals surface area contributed by atoms with Crippen molar-refractivity contribution in [3.8, 4) is 6.01 Å². The fourth-order valence-electron chi connectivity index (χ4n) is 1.58. The van der Waals surface area contributed by atoms with Crippen LogP contribution in [0.1, 0.15) is 52.4 Å². The van der Waals surface area contributed by atoms with Gasteiger partial charge in [-0.05, 0) is 13.3 Å². The maximum absolute atomic E-state index is 11.6. The number of nitrogens with one attached hydrogen (secondary N) is 2. The van der Waals surface area contributed by atoms with Gasteiger partial charge < -0.3 is 4.74 Å². The number of unbranched alkanes of at least 4 members (excludes halogenated alkanes) is 4. The van der Waals surface area contributed by atoms with Crippen molar-refractivity contribution in [2.75, 3.05) is 11.9 Å². The molecule has 102 valence electrons. The van der Waals surface area contributed by atoms with Crippen molar-refractivity contribution in [2.45, 2.75) is 52.4 Å². The van der Waals surface area contributed by atoms with Crippen LogP contribution in [-0.4, -0.2) is 27.7 Å². The summed E-state index contributed by atoms with van der Waals surface area (Å²) in [7, 11) is 0. The number of amides is 1. The first-order chi connectivity index (χ1) is 8.76. The van der Waals surface area contributed by atoms with Gasteiger partial charge in [0.05, 0.1) is 6.61 Å². The molecule has 0 spiro atoms. The molecule has 1 aromatic heterocycles. The van der Waals surface area contributed by atoms with Crippen molar-refractivity contribution in [1.82, 2.24) is 15.2 Å². The maximum atomic E-state index is 11.6. The second kappa shape index (κ2) is 8.49. The summed E-state index contributed by atoms with van der Waals surface area (Å²) in [6.45, 7) is 4.53. The molecule has 0 saturated heterocycles. The zero-order valence-corrected chi connectivity index (χ0v) is 11.2. The van der Waals surface area contributed by atoms with Crippen molar-refractivity contribution in [1.29, 1.82) is 0 Å². The smallest absolute Gasteiger partial charge is 0.337 e. The summed E-state index contributed by atoms with van der Waals surface area (Å²) in [4.78, 5) is 15.5. The Kier molecular flexibility index (Phi) is 6.83. The highest BCUT2D eigenvalue weighted by Gasteiger charge is 2.07. The van der Waals surface area contributed by atoms with Crippen molar-refractivity contribution in [2.24, 2.45) is 0 Å². The topological polar surface area (TPSA) is 79.9 Å². The lowest BCUT2D eigenvalue weighted by Gasteiger charge is -2.01. The Balaban J connectivity index is 2.18. The molecule has 1 amide bonds. The largest absolute Gasteiger partial charge is 0.463 e. The number of hydrogen-bond acceptors (Lipinski definition) is 4. The van der Waals surface area contributed by atoms with Crippen LogP contribution in [0, 0.1) is 0 Å². The van der Waals surface area contributed by atoms with Crippen LogP contribution in [0.2, 0.25) is 0 Å². The highest BCUT2D eigenvalue weighted by Crippen LogP contribution is 2.08. The fourth-order valence-corrected chi connectivity index (χ4v) is 1.58. The summed E-state index contributed by atoms with van der Waals surface area (Å²) in [5, 5.41) is 9.08. The molecule has 6 heteroatoms. The fraction of sp³-hybridized carbons (Fsp3) is 0.750. The Labute approximate surface area is 108 Å². The normalized spacial score (nSPS) is 10.3. The van der Waals surface area contributed by atoms with Gasteiger partial charge in [-0.3, -0.25) is 10.1 Å². The van der Waals surface area contributed by atoms with Gasteiger partial charge in [-0.2, -0.15) is 4.98 Å². The number of aromatic amines is 1. The third-order valence-electron chi connectivity index (χ3n) is 2.50. The third-order valence-corrected chi connectivity index (χ3v) is 2.50. The molecule has 1 rings (SSSR count). The number of carbonyl (C=O) groups is 1. The van der Waals surface area contributed by atoms with Crippen LogP contribution in [0.15, 0.2) is 0 Å². The van der Waals surface area contributed by atoms with Crippen molar-refractivity contribution in [3.05, 3.63) is 0 Å². The Hall–Kier alpha value is -1.59. The molecule has 0 atom stereocenters. The minimum absolute atomic E-state index is 0.0364. The van der Waals surface area contributed by atoms with Crippen molar-refractivity contribution < 1.29 is 9.53 Å². The lowest BCUT2D eigenvalue weighted by molar-refractivity contribution is -0.116. The molecule has 0 aliphatic heterocycles. The monoisotopic (exact) mass is 254 g/mol. The van der Waals surface area contributed by atoms with Crippen LogP contribution in [0.25, 0.3) is 0 Å². The lowest BCUT2D eigenvalue weighted by Crippen LogP contribution is -2.12. The lowest BCUT2D eigenvalue weighted by atomic mass is 10.1. The number of aromatic nitrogens is 3. The predicted octanol–water partition coefficient (Wildman–Crippen LogP) is 2.50. The summed E-state index contributed by atoms with van der Waals surface area (Å²) in [5.41, 5.74) is 0. The van der Waals surface area contributed by atoms with Crippen molar-refractivity contribution >= 4 is 11.9 Å². The number of carbonyl (C=O) groups excluding carboxylic acids is 1. The van der Waals surface area contributed by atoms with Gasteiger partial charge >= 0.3 is 6.01 Å². The van der Waals surface area contributed by atoms with Crippen molar-refractivity contribution in [3.63, 3.8) is 0 Å². The molecule has 0 fully saturated rings. The van der Waals surface area contributed by atoms with E-state index in [1.165, 1.54) is 19.3 Å². The molecule has 2 N–H and O–H groups in total. The zero-order valence-electron chi connectivity index (χ0n) is 11.2. The standard InChI is InChI=1S/C12H22N4O2/c1-3-5-6-7-8-9-10(17)13-11-14-12(16-15-11)18-4-2/h3-9H2,1-2H3,(H2,13,14,15,16,17). The van der Waals surface area contributed by atoms with Gasteiger partial charge in [0.2, 0.25) is 11.9 Å². The highest BCUT2D eigenvalue weighted by atomic mass is 16.5. The van der Waals surface area contributed by atoms with E-state index in [0.717, 1.165) is 12.8 Å². The number of nitrogens with zero attached hydrogens (tertiary/aromatic N) is 2. The van der Waals surface area contributed by atoms with Crippen LogP contribution in [0.5, 0.6) is 6.01 Å². The Morgan fingerprint density at radius 3 is 2.78 bits per heavy atom. The highest BCUT2D eigenvalue weighted by molar-refractivity contribution is 5.88. The average Bonchev–Trinajstić information content (AvgIpc) is 2.77. The average molecular weight is 254 g/mol. The van der Waals surface area contributed by atoms with Gasteiger partial charge in [0.15, 0.2) is 0 Å². The first-order valence-corrected chi connectivity index (χ1v) is 6.61. The number of anilines is 1. The molecule has 6 nitrogen and oxygen atoms in total. The molecule has 18 heavy (non-hydrogen) atoms. The van der Waals surface area contributed by atoms with Crippen LogP contribution in [-0.2, 0) is 4.79 Å². The van der Waals surface area contributed by atoms with E-state index < -0.39 is 0 Å². The first-order valence-electron chi connectivity index (χ1n) is 6.61.